The molecule has 2 aliphatic rings. The predicted molar refractivity (Wildman–Crippen MR) is 166 cm³/mol. The topological polar surface area (TPSA) is 66.0 Å². The molecule has 42 heavy (non-hydrogen) atoms. The number of thiazole rings is 1. The Morgan fingerprint density at radius 2 is 1.79 bits per heavy atom. The normalized spacial score (nSPS) is 16.0. The van der Waals surface area contributed by atoms with Crippen LogP contribution in [0, 0.1) is 0 Å². The van der Waals surface area contributed by atoms with Crippen LogP contribution in [0.1, 0.15) is 34.9 Å². The monoisotopic (exact) mass is 614 g/mol. The summed E-state index contributed by atoms with van der Waals surface area (Å²) in [6.07, 6.45) is 3.44. The molecule has 0 bridgehead atoms. The minimum Gasteiger partial charge on any atom is -0.493 e. The van der Waals surface area contributed by atoms with Gasteiger partial charge < -0.3 is 13.9 Å². The van der Waals surface area contributed by atoms with E-state index in [9.17, 15) is 4.79 Å². The van der Waals surface area contributed by atoms with Crippen molar-refractivity contribution >= 4 is 46.3 Å². The number of benzene rings is 3. The first-order chi connectivity index (χ1) is 20.4. The second kappa shape index (κ2) is 10.7. The number of halogens is 2. The summed E-state index contributed by atoms with van der Waals surface area (Å²) in [5.74, 6) is 2.42. The van der Waals surface area contributed by atoms with Crippen molar-refractivity contribution in [3.8, 4) is 22.8 Å². The van der Waals surface area contributed by atoms with Crippen molar-refractivity contribution in [2.24, 2.45) is 4.99 Å². The average Bonchev–Trinajstić information content (AvgIpc) is 3.61. The molecule has 7 rings (SSSR count). The van der Waals surface area contributed by atoms with Crippen LogP contribution < -0.4 is 24.4 Å². The fourth-order valence-corrected chi connectivity index (χ4v) is 6.99. The van der Waals surface area contributed by atoms with Gasteiger partial charge in [-0.3, -0.25) is 9.36 Å². The van der Waals surface area contributed by atoms with Crippen LogP contribution in [0.4, 0.5) is 0 Å². The lowest BCUT2D eigenvalue weighted by Crippen LogP contribution is -2.38. The zero-order chi connectivity index (χ0) is 29.0. The van der Waals surface area contributed by atoms with Gasteiger partial charge in [-0.25, -0.2) is 4.99 Å². The van der Waals surface area contributed by atoms with Gasteiger partial charge in [0.15, 0.2) is 16.3 Å². The Morgan fingerprint density at radius 1 is 0.952 bits per heavy atom. The summed E-state index contributed by atoms with van der Waals surface area (Å²) in [5.41, 5.74) is 6.02. The Bertz CT molecular complexity index is 2090. The summed E-state index contributed by atoms with van der Waals surface area (Å²) in [6, 6.07) is 22.9. The lowest BCUT2D eigenvalue weighted by Gasteiger charge is -2.31. The molecular formula is C33H24Cl2N2O4S. The minimum absolute atomic E-state index is 0.128. The third-order valence-corrected chi connectivity index (χ3v) is 9.42. The number of aromatic nitrogens is 1. The molecular weight excluding hydrogens is 591 g/mol. The van der Waals surface area contributed by atoms with Crippen LogP contribution in [-0.2, 0) is 6.42 Å². The minimum atomic E-state index is -0.338. The molecule has 0 saturated carbocycles. The number of methoxy groups -OCH3 is 2. The Kier molecular flexibility index (Phi) is 6.81. The second-order valence-corrected chi connectivity index (χ2v) is 11.9. The molecule has 210 valence electrons. The molecule has 0 amide bonds. The summed E-state index contributed by atoms with van der Waals surface area (Å²) in [6.45, 7) is 0. The number of furan rings is 1. The van der Waals surface area contributed by atoms with E-state index in [2.05, 4.69) is 18.2 Å². The van der Waals surface area contributed by atoms with Gasteiger partial charge in [-0.2, -0.15) is 0 Å². The molecule has 0 saturated heterocycles. The van der Waals surface area contributed by atoms with Gasteiger partial charge in [-0.05, 0) is 72.0 Å². The molecule has 3 heterocycles. The molecule has 6 nitrogen and oxygen atoms in total. The van der Waals surface area contributed by atoms with Crippen LogP contribution in [-0.4, -0.2) is 18.8 Å². The van der Waals surface area contributed by atoms with Gasteiger partial charge in [0.25, 0.3) is 5.56 Å². The summed E-state index contributed by atoms with van der Waals surface area (Å²) >= 11 is 13.6. The quantitative estimate of drug-likeness (QED) is 0.216. The lowest BCUT2D eigenvalue weighted by atomic mass is 9.83. The van der Waals surface area contributed by atoms with Crippen molar-refractivity contribution in [3.63, 3.8) is 0 Å². The van der Waals surface area contributed by atoms with Crippen LogP contribution >= 0.6 is 34.5 Å². The summed E-state index contributed by atoms with van der Waals surface area (Å²) in [7, 11) is 3.23. The van der Waals surface area contributed by atoms with E-state index in [1.54, 1.807) is 37.0 Å². The molecule has 5 aromatic rings. The average molecular weight is 616 g/mol. The summed E-state index contributed by atoms with van der Waals surface area (Å²) < 4.78 is 19.5. The Morgan fingerprint density at radius 3 is 2.60 bits per heavy atom. The first-order valence-electron chi connectivity index (χ1n) is 13.4. The highest BCUT2D eigenvalue weighted by Gasteiger charge is 2.33. The van der Waals surface area contributed by atoms with E-state index >= 15 is 0 Å². The number of allylic oxidation sites excluding steroid dienone is 1. The molecule has 0 radical (unpaired) electrons. The maximum Gasteiger partial charge on any atom is 0.271 e. The van der Waals surface area contributed by atoms with E-state index in [0.29, 0.717) is 42.4 Å². The molecule has 1 atom stereocenters. The number of hydrogen-bond donors (Lipinski definition) is 0. The number of aryl methyl sites for hydroxylation is 1. The van der Waals surface area contributed by atoms with Crippen molar-refractivity contribution in [1.82, 2.24) is 4.57 Å². The Hall–Kier alpha value is -4.04. The van der Waals surface area contributed by atoms with Crippen molar-refractivity contribution < 1.29 is 13.9 Å². The van der Waals surface area contributed by atoms with Gasteiger partial charge in [-0.1, -0.05) is 64.9 Å². The number of ether oxygens (including phenoxy) is 2. The van der Waals surface area contributed by atoms with E-state index in [-0.39, 0.29) is 11.6 Å². The first-order valence-corrected chi connectivity index (χ1v) is 14.9. The third kappa shape index (κ3) is 4.49. The molecule has 0 spiro atoms. The summed E-state index contributed by atoms with van der Waals surface area (Å²) in [4.78, 5) is 19.8. The van der Waals surface area contributed by atoms with Crippen molar-refractivity contribution in [2.45, 2.75) is 18.9 Å². The predicted octanol–water partition coefficient (Wildman–Crippen LogP) is 6.90. The molecule has 1 aliphatic carbocycles. The van der Waals surface area contributed by atoms with Gasteiger partial charge in [0.2, 0.25) is 0 Å². The van der Waals surface area contributed by atoms with Gasteiger partial charge in [0, 0.05) is 17.2 Å². The van der Waals surface area contributed by atoms with Crippen LogP contribution in [0.3, 0.4) is 0 Å². The van der Waals surface area contributed by atoms with Crippen LogP contribution in [0.5, 0.6) is 11.5 Å². The van der Waals surface area contributed by atoms with Crippen molar-refractivity contribution in [1.29, 1.82) is 0 Å². The van der Waals surface area contributed by atoms with Crippen LogP contribution in [0.25, 0.3) is 23.1 Å². The molecule has 0 fully saturated rings. The number of fused-ring (bicyclic) bond motifs is 3. The highest BCUT2D eigenvalue weighted by Crippen LogP contribution is 2.42. The van der Waals surface area contributed by atoms with E-state index < -0.39 is 0 Å². The first kappa shape index (κ1) is 26.8. The van der Waals surface area contributed by atoms with E-state index in [1.165, 1.54) is 16.9 Å². The van der Waals surface area contributed by atoms with E-state index in [4.69, 9.17) is 42.1 Å². The van der Waals surface area contributed by atoms with Crippen molar-refractivity contribution in [3.05, 3.63) is 131 Å². The van der Waals surface area contributed by atoms with Crippen LogP contribution in [0.2, 0.25) is 10.0 Å². The van der Waals surface area contributed by atoms with Gasteiger partial charge >= 0.3 is 0 Å². The van der Waals surface area contributed by atoms with Crippen LogP contribution in [0.15, 0.2) is 92.6 Å². The summed E-state index contributed by atoms with van der Waals surface area (Å²) in [5, 5.41) is 0.920. The smallest absolute Gasteiger partial charge is 0.271 e. The zero-order valence-corrected chi connectivity index (χ0v) is 25.0. The zero-order valence-electron chi connectivity index (χ0n) is 22.7. The number of nitrogens with zero attached hydrogens (tertiary/aromatic N) is 2. The van der Waals surface area contributed by atoms with E-state index in [1.807, 2.05) is 42.5 Å². The molecule has 1 aliphatic heterocycles. The highest BCUT2D eigenvalue weighted by atomic mass is 35.5. The number of hydrogen-bond acceptors (Lipinski definition) is 6. The van der Waals surface area contributed by atoms with Gasteiger partial charge in [0.1, 0.15) is 11.5 Å². The molecule has 9 heteroatoms. The maximum atomic E-state index is 14.1. The lowest BCUT2D eigenvalue weighted by molar-refractivity contribution is 0.354. The Balaban J connectivity index is 1.40. The third-order valence-electron chi connectivity index (χ3n) is 7.70. The molecule has 2 aromatic heterocycles. The maximum absolute atomic E-state index is 14.1. The van der Waals surface area contributed by atoms with Gasteiger partial charge in [-0.15, -0.1) is 0 Å². The fourth-order valence-electron chi connectivity index (χ4n) is 5.71. The fraction of sp³-hybridized carbons (Fsp3) is 0.152. The number of rotatable bonds is 5. The standard InChI is InChI=1S/C33H24Cl2N2O4S/c1-39-27-13-9-20(16-28(27)40-2)31-23-11-7-18-5-3-4-6-22(18)30(23)36-33-37(31)32(38)29(42-33)17-21-10-14-26(41-21)19-8-12-24(34)25(35)15-19/h3-6,8-10,12-17,31H,7,11H2,1-2H3/b29-17+. The Labute approximate surface area is 255 Å². The second-order valence-electron chi connectivity index (χ2n) is 10.1. The highest BCUT2D eigenvalue weighted by molar-refractivity contribution is 7.07. The van der Waals surface area contributed by atoms with Crippen molar-refractivity contribution in [2.75, 3.05) is 14.2 Å². The molecule has 1 unspecified atom stereocenters. The largest absolute Gasteiger partial charge is 0.493 e. The molecule has 3 aromatic carbocycles. The van der Waals surface area contributed by atoms with Gasteiger partial charge in [0.05, 0.1) is 40.5 Å². The van der Waals surface area contributed by atoms with E-state index in [0.717, 1.165) is 40.8 Å². The SMILES string of the molecule is COc1ccc(C2C3=C(N=c4s/c(=C/c5ccc(-c6ccc(Cl)c(Cl)c6)o5)c(=O)n42)c2ccccc2CC3)cc1OC. The molecule has 0 N–H and O–H groups in total.